The Balaban J connectivity index is 1.73. The minimum atomic E-state index is -0.0709. The molecular weight excluding hydrogens is 362 g/mol. The second kappa shape index (κ2) is 8.81. The van der Waals surface area contributed by atoms with Crippen molar-refractivity contribution in [3.8, 4) is 11.5 Å². The van der Waals surface area contributed by atoms with Crippen molar-refractivity contribution >= 4 is 28.7 Å². The van der Waals surface area contributed by atoms with Crippen molar-refractivity contribution in [1.29, 1.82) is 0 Å². The third kappa shape index (κ3) is 4.36. The van der Waals surface area contributed by atoms with Gasteiger partial charge in [0.2, 0.25) is 5.91 Å². The molecule has 0 radical (unpaired) electrons. The average Bonchev–Trinajstić information content (AvgIpc) is 3.03. The standard InChI is InChI=1S/C20H23N3O3S/c1-25-15-9-8-14(18(10-15)26-2)11-21-20(24)12-23-17-7-5-4-6-16(17)22-19(23)13-27-3/h4-10H,11-13H2,1-3H3,(H,21,24). The number of nitrogens with zero attached hydrogens (tertiary/aromatic N) is 2. The Morgan fingerprint density at radius 1 is 1.19 bits per heavy atom. The Hall–Kier alpha value is -2.67. The van der Waals surface area contributed by atoms with Crippen LogP contribution in [0.2, 0.25) is 0 Å². The first-order chi connectivity index (χ1) is 13.2. The summed E-state index contributed by atoms with van der Waals surface area (Å²) in [6.07, 6.45) is 2.03. The van der Waals surface area contributed by atoms with Gasteiger partial charge in [0.25, 0.3) is 0 Å². The summed E-state index contributed by atoms with van der Waals surface area (Å²) in [5.74, 6) is 2.99. The van der Waals surface area contributed by atoms with Crippen molar-refractivity contribution in [3.05, 3.63) is 53.9 Å². The Labute approximate surface area is 162 Å². The molecular formula is C20H23N3O3S. The molecule has 1 heterocycles. The molecule has 7 heteroatoms. The van der Waals surface area contributed by atoms with Crippen LogP contribution in [-0.4, -0.2) is 35.9 Å². The molecule has 142 valence electrons. The van der Waals surface area contributed by atoms with Crippen molar-refractivity contribution in [2.75, 3.05) is 20.5 Å². The number of imidazole rings is 1. The smallest absolute Gasteiger partial charge is 0.240 e. The fourth-order valence-electron chi connectivity index (χ4n) is 2.93. The van der Waals surface area contributed by atoms with Gasteiger partial charge in [-0.2, -0.15) is 11.8 Å². The highest BCUT2D eigenvalue weighted by molar-refractivity contribution is 7.97. The summed E-state index contributed by atoms with van der Waals surface area (Å²) in [6.45, 7) is 0.616. The summed E-state index contributed by atoms with van der Waals surface area (Å²) in [6, 6.07) is 13.4. The lowest BCUT2D eigenvalue weighted by molar-refractivity contribution is -0.121. The average molecular weight is 385 g/mol. The minimum Gasteiger partial charge on any atom is -0.497 e. The first-order valence-corrected chi connectivity index (χ1v) is 9.96. The fraction of sp³-hybridized carbons (Fsp3) is 0.300. The maximum Gasteiger partial charge on any atom is 0.240 e. The molecule has 0 aliphatic heterocycles. The molecule has 0 aliphatic rings. The zero-order chi connectivity index (χ0) is 19.2. The maximum absolute atomic E-state index is 12.6. The highest BCUT2D eigenvalue weighted by Crippen LogP contribution is 2.24. The normalized spacial score (nSPS) is 10.8. The van der Waals surface area contributed by atoms with Gasteiger partial charge in [0.05, 0.1) is 31.0 Å². The molecule has 2 aromatic carbocycles. The van der Waals surface area contributed by atoms with E-state index in [0.29, 0.717) is 18.0 Å². The monoisotopic (exact) mass is 385 g/mol. The van der Waals surface area contributed by atoms with E-state index in [1.165, 1.54) is 0 Å². The number of para-hydroxylation sites is 2. The number of ether oxygens (including phenoxy) is 2. The van der Waals surface area contributed by atoms with Gasteiger partial charge in [-0.25, -0.2) is 4.98 Å². The molecule has 0 atom stereocenters. The van der Waals surface area contributed by atoms with Crippen LogP contribution in [-0.2, 0) is 23.6 Å². The summed E-state index contributed by atoms with van der Waals surface area (Å²) in [7, 11) is 3.21. The Morgan fingerprint density at radius 3 is 2.74 bits per heavy atom. The SMILES string of the molecule is COc1ccc(CNC(=O)Cn2c(CSC)nc3ccccc32)c(OC)c1. The molecule has 0 aliphatic carbocycles. The molecule has 6 nitrogen and oxygen atoms in total. The predicted octanol–water partition coefficient (Wildman–Crippen LogP) is 3.23. The number of fused-ring (bicyclic) bond motifs is 1. The summed E-state index contributed by atoms with van der Waals surface area (Å²) < 4.78 is 12.6. The zero-order valence-corrected chi connectivity index (χ0v) is 16.5. The van der Waals surface area contributed by atoms with E-state index in [1.54, 1.807) is 32.0 Å². The number of nitrogens with one attached hydrogen (secondary N) is 1. The molecule has 3 aromatic rings. The lowest BCUT2D eigenvalue weighted by Gasteiger charge is -2.12. The van der Waals surface area contributed by atoms with E-state index in [4.69, 9.17) is 9.47 Å². The molecule has 0 spiro atoms. The van der Waals surface area contributed by atoms with E-state index < -0.39 is 0 Å². The van der Waals surface area contributed by atoms with Gasteiger partial charge < -0.3 is 19.4 Å². The van der Waals surface area contributed by atoms with Gasteiger partial charge in [-0.3, -0.25) is 4.79 Å². The number of thioether (sulfide) groups is 1. The van der Waals surface area contributed by atoms with Crippen molar-refractivity contribution in [3.63, 3.8) is 0 Å². The van der Waals surface area contributed by atoms with Gasteiger partial charge in [0.15, 0.2) is 0 Å². The lowest BCUT2D eigenvalue weighted by Crippen LogP contribution is -2.27. The quantitative estimate of drug-likeness (QED) is 0.645. The molecule has 1 N–H and O–H groups in total. The number of methoxy groups -OCH3 is 2. The molecule has 0 unspecified atom stereocenters. The molecule has 3 rings (SSSR count). The van der Waals surface area contributed by atoms with Crippen LogP contribution in [0.15, 0.2) is 42.5 Å². The van der Waals surface area contributed by atoms with Crippen molar-refractivity contribution in [1.82, 2.24) is 14.9 Å². The van der Waals surface area contributed by atoms with E-state index in [9.17, 15) is 4.79 Å². The summed E-state index contributed by atoms with van der Waals surface area (Å²) in [5, 5.41) is 2.97. The van der Waals surface area contributed by atoms with Crippen LogP contribution in [0.4, 0.5) is 0 Å². The van der Waals surface area contributed by atoms with Crippen LogP contribution >= 0.6 is 11.8 Å². The van der Waals surface area contributed by atoms with Crippen molar-refractivity contribution < 1.29 is 14.3 Å². The highest BCUT2D eigenvalue weighted by Gasteiger charge is 2.14. The number of aromatic nitrogens is 2. The topological polar surface area (TPSA) is 65.4 Å². The second-order valence-electron chi connectivity index (χ2n) is 5.99. The fourth-order valence-corrected chi connectivity index (χ4v) is 3.41. The third-order valence-electron chi connectivity index (χ3n) is 4.28. The number of hydrogen-bond acceptors (Lipinski definition) is 5. The van der Waals surface area contributed by atoms with Gasteiger partial charge in [-0.15, -0.1) is 0 Å². The molecule has 0 bridgehead atoms. The first kappa shape index (κ1) is 19.1. The third-order valence-corrected chi connectivity index (χ3v) is 4.83. The summed E-state index contributed by atoms with van der Waals surface area (Å²) >= 11 is 1.69. The van der Waals surface area contributed by atoms with Crippen molar-refractivity contribution in [2.45, 2.75) is 18.8 Å². The Kier molecular flexibility index (Phi) is 6.24. The van der Waals surface area contributed by atoms with Gasteiger partial charge in [0.1, 0.15) is 23.9 Å². The first-order valence-electron chi connectivity index (χ1n) is 8.57. The van der Waals surface area contributed by atoms with Crippen molar-refractivity contribution in [2.24, 2.45) is 0 Å². The minimum absolute atomic E-state index is 0.0709. The largest absolute Gasteiger partial charge is 0.497 e. The van der Waals surface area contributed by atoms with E-state index in [1.807, 2.05) is 47.2 Å². The molecule has 0 saturated heterocycles. The number of carbonyl (C=O) groups is 1. The van der Waals surface area contributed by atoms with E-state index in [2.05, 4.69) is 10.3 Å². The van der Waals surface area contributed by atoms with Crippen LogP contribution < -0.4 is 14.8 Å². The maximum atomic E-state index is 12.6. The van der Waals surface area contributed by atoms with Crippen LogP contribution in [0.5, 0.6) is 11.5 Å². The van der Waals surface area contributed by atoms with Crippen LogP contribution in [0, 0.1) is 0 Å². The van der Waals surface area contributed by atoms with E-state index >= 15 is 0 Å². The van der Waals surface area contributed by atoms with Gasteiger partial charge >= 0.3 is 0 Å². The van der Waals surface area contributed by atoms with Gasteiger partial charge in [0, 0.05) is 18.2 Å². The molecule has 27 heavy (non-hydrogen) atoms. The Bertz CT molecular complexity index is 939. The molecule has 1 amide bonds. The van der Waals surface area contributed by atoms with Gasteiger partial charge in [-0.05, 0) is 30.5 Å². The second-order valence-corrected chi connectivity index (χ2v) is 6.86. The van der Waals surface area contributed by atoms with E-state index in [0.717, 1.165) is 28.2 Å². The van der Waals surface area contributed by atoms with Crippen LogP contribution in [0.1, 0.15) is 11.4 Å². The number of amides is 1. The number of carbonyl (C=O) groups excluding carboxylic acids is 1. The van der Waals surface area contributed by atoms with Crippen LogP contribution in [0.25, 0.3) is 11.0 Å². The summed E-state index contributed by atoms with van der Waals surface area (Å²) in [5.41, 5.74) is 2.77. The molecule has 0 fully saturated rings. The zero-order valence-electron chi connectivity index (χ0n) is 15.7. The van der Waals surface area contributed by atoms with Gasteiger partial charge in [-0.1, -0.05) is 12.1 Å². The highest BCUT2D eigenvalue weighted by atomic mass is 32.2. The number of rotatable bonds is 8. The number of benzene rings is 2. The molecule has 1 aromatic heterocycles. The Morgan fingerprint density at radius 2 is 2.00 bits per heavy atom. The van der Waals surface area contributed by atoms with Crippen LogP contribution in [0.3, 0.4) is 0 Å². The predicted molar refractivity (Wildman–Crippen MR) is 108 cm³/mol. The lowest BCUT2D eigenvalue weighted by atomic mass is 10.2. The van der Waals surface area contributed by atoms with E-state index in [-0.39, 0.29) is 12.5 Å². The molecule has 0 saturated carbocycles. The summed E-state index contributed by atoms with van der Waals surface area (Å²) in [4.78, 5) is 17.2. The number of hydrogen-bond donors (Lipinski definition) is 1.